The number of carbonyl (C=O) groups is 1. The number of amides is 1. The number of hydrogen-bond donors (Lipinski definition) is 3. The lowest BCUT2D eigenvalue weighted by Gasteiger charge is -2.15. The zero-order valence-corrected chi connectivity index (χ0v) is 12.1. The second kappa shape index (κ2) is 7.63. The quantitative estimate of drug-likeness (QED) is 0.744. The van der Waals surface area contributed by atoms with Gasteiger partial charge < -0.3 is 15.7 Å². The van der Waals surface area contributed by atoms with E-state index in [0.29, 0.717) is 6.42 Å². The number of rotatable bonds is 6. The monoisotopic (exact) mass is 325 g/mol. The predicted octanol–water partition coefficient (Wildman–Crippen LogP) is 1.63. The smallest absolute Gasteiger partial charge is 0.390 e. The molecule has 0 radical (unpaired) electrons. The van der Waals surface area contributed by atoms with Crippen LogP contribution in [-0.4, -0.2) is 30.2 Å². The van der Waals surface area contributed by atoms with Gasteiger partial charge in [0.15, 0.2) is 6.54 Å². The van der Waals surface area contributed by atoms with Gasteiger partial charge in [-0.3, -0.25) is 4.79 Å². The van der Waals surface area contributed by atoms with Crippen molar-refractivity contribution in [3.05, 3.63) is 28.8 Å². The number of aliphatic hydroxyl groups excluding tert-OH is 1. The van der Waals surface area contributed by atoms with Crippen LogP contribution in [0.3, 0.4) is 0 Å². The number of nitrogens with one attached hydrogen (secondary N) is 1. The predicted molar refractivity (Wildman–Crippen MR) is 73.0 cm³/mol. The Labute approximate surface area is 125 Å². The van der Waals surface area contributed by atoms with Crippen molar-refractivity contribution < 1.29 is 28.4 Å². The van der Waals surface area contributed by atoms with Crippen molar-refractivity contribution in [2.24, 2.45) is 0 Å². The Bertz CT molecular complexity index is 491. The van der Waals surface area contributed by atoms with Crippen LogP contribution < -0.4 is 10.6 Å². The third-order valence-electron chi connectivity index (χ3n) is 2.96. The Morgan fingerprint density at radius 1 is 1.48 bits per heavy atom. The largest absolute Gasteiger partial charge is 0.418 e. The van der Waals surface area contributed by atoms with E-state index in [1.54, 1.807) is 5.32 Å². The molecule has 21 heavy (non-hydrogen) atoms. The molecule has 1 amide bonds. The molecule has 0 unspecified atom stereocenters. The number of nitrogens with two attached hydrogens (primary N) is 1. The molecule has 0 aliphatic carbocycles. The molecule has 0 fully saturated rings. The molecule has 0 aromatic heterocycles. The standard InChI is InChI=1S/C13H16ClF3N2O2/c1-2-9(7-20)18-6-12(21)19-11-4-3-8(14)5-10(11)13(15,16)17/h3-5,9,18,20H,2,6-7H2,1H3,(H,19,21)/p+1/t9-/m1/s1. The van der Waals surface area contributed by atoms with Gasteiger partial charge in [0, 0.05) is 5.02 Å². The van der Waals surface area contributed by atoms with Gasteiger partial charge in [-0.05, 0) is 24.6 Å². The van der Waals surface area contributed by atoms with E-state index in [9.17, 15) is 18.0 Å². The molecule has 1 aromatic carbocycles. The highest BCUT2D eigenvalue weighted by Crippen LogP contribution is 2.36. The topological polar surface area (TPSA) is 65.9 Å². The van der Waals surface area contributed by atoms with Gasteiger partial charge >= 0.3 is 6.18 Å². The first-order valence-corrected chi connectivity index (χ1v) is 6.76. The minimum atomic E-state index is -4.60. The second-order valence-electron chi connectivity index (χ2n) is 4.53. The first-order chi connectivity index (χ1) is 9.77. The SMILES string of the molecule is CC[C@H](CO)[NH2+]CC(=O)Nc1ccc(Cl)cc1C(F)(F)F. The van der Waals surface area contributed by atoms with Crippen molar-refractivity contribution in [1.82, 2.24) is 0 Å². The summed E-state index contributed by atoms with van der Waals surface area (Å²) < 4.78 is 38.6. The molecule has 0 aliphatic rings. The highest BCUT2D eigenvalue weighted by atomic mass is 35.5. The maximum atomic E-state index is 12.9. The summed E-state index contributed by atoms with van der Waals surface area (Å²) in [7, 11) is 0. The maximum absolute atomic E-state index is 12.9. The molecule has 1 rings (SSSR count). The Kier molecular flexibility index (Phi) is 6.44. The lowest BCUT2D eigenvalue weighted by atomic mass is 10.1. The highest BCUT2D eigenvalue weighted by Gasteiger charge is 2.34. The van der Waals surface area contributed by atoms with Crippen molar-refractivity contribution in [3.8, 4) is 0 Å². The third kappa shape index (κ3) is 5.53. The van der Waals surface area contributed by atoms with Crippen LogP contribution in [0.2, 0.25) is 5.02 Å². The number of benzene rings is 1. The number of anilines is 1. The zero-order valence-electron chi connectivity index (χ0n) is 11.4. The van der Waals surface area contributed by atoms with Crippen molar-refractivity contribution in [2.45, 2.75) is 25.6 Å². The molecule has 118 valence electrons. The number of aliphatic hydroxyl groups is 1. The fraction of sp³-hybridized carbons (Fsp3) is 0.462. The van der Waals surface area contributed by atoms with Gasteiger partial charge in [0.05, 0.1) is 17.9 Å². The molecular weight excluding hydrogens is 309 g/mol. The maximum Gasteiger partial charge on any atom is 0.418 e. The molecule has 0 heterocycles. The minimum absolute atomic E-state index is 0.0572. The van der Waals surface area contributed by atoms with Crippen LogP contribution in [0, 0.1) is 0 Å². The molecule has 4 N–H and O–H groups in total. The average molecular weight is 326 g/mol. The Balaban J connectivity index is 2.77. The second-order valence-corrected chi connectivity index (χ2v) is 4.96. The van der Waals surface area contributed by atoms with E-state index in [-0.39, 0.29) is 29.9 Å². The van der Waals surface area contributed by atoms with E-state index in [1.807, 2.05) is 6.92 Å². The molecular formula is C13H17ClF3N2O2+. The summed E-state index contributed by atoms with van der Waals surface area (Å²) in [5.74, 6) is -0.574. The van der Waals surface area contributed by atoms with E-state index in [4.69, 9.17) is 16.7 Å². The summed E-state index contributed by atoms with van der Waals surface area (Å²) in [6.45, 7) is 1.67. The summed E-state index contributed by atoms with van der Waals surface area (Å²) in [6.07, 6.45) is -3.95. The van der Waals surface area contributed by atoms with Crippen molar-refractivity contribution >= 4 is 23.2 Å². The van der Waals surface area contributed by atoms with Crippen LogP contribution in [0.1, 0.15) is 18.9 Å². The van der Waals surface area contributed by atoms with Crippen molar-refractivity contribution in [3.63, 3.8) is 0 Å². The number of alkyl halides is 3. The van der Waals surface area contributed by atoms with E-state index in [0.717, 1.165) is 12.1 Å². The van der Waals surface area contributed by atoms with Gasteiger partial charge in [0.1, 0.15) is 6.04 Å². The molecule has 0 bridgehead atoms. The number of quaternary nitrogens is 1. The van der Waals surface area contributed by atoms with Crippen LogP contribution in [0.4, 0.5) is 18.9 Å². The van der Waals surface area contributed by atoms with E-state index >= 15 is 0 Å². The number of hydrogen-bond acceptors (Lipinski definition) is 2. The van der Waals surface area contributed by atoms with Crippen LogP contribution >= 0.6 is 11.6 Å². The molecule has 0 spiro atoms. The first kappa shape index (κ1) is 17.7. The van der Waals surface area contributed by atoms with Gasteiger partial charge in [-0.25, -0.2) is 0 Å². The molecule has 4 nitrogen and oxygen atoms in total. The number of halogens is 4. The Morgan fingerprint density at radius 3 is 2.67 bits per heavy atom. The molecule has 0 saturated carbocycles. The normalized spacial score (nSPS) is 13.0. The molecule has 0 saturated heterocycles. The van der Waals surface area contributed by atoms with Gasteiger partial charge in [-0.15, -0.1) is 0 Å². The Hall–Kier alpha value is -1.31. The number of carbonyl (C=O) groups excluding carboxylic acids is 1. The van der Waals surface area contributed by atoms with Crippen LogP contribution in [0.15, 0.2) is 18.2 Å². The highest BCUT2D eigenvalue weighted by molar-refractivity contribution is 6.30. The fourth-order valence-corrected chi connectivity index (χ4v) is 1.88. The van der Waals surface area contributed by atoms with Crippen molar-refractivity contribution in [2.75, 3.05) is 18.5 Å². The van der Waals surface area contributed by atoms with Gasteiger partial charge in [0.2, 0.25) is 0 Å². The van der Waals surface area contributed by atoms with Crippen LogP contribution in [0.25, 0.3) is 0 Å². The van der Waals surface area contributed by atoms with E-state index in [1.165, 1.54) is 6.07 Å². The molecule has 1 aromatic rings. The summed E-state index contributed by atoms with van der Waals surface area (Å²) in [5, 5.41) is 12.7. The van der Waals surface area contributed by atoms with Crippen LogP contribution in [0.5, 0.6) is 0 Å². The Morgan fingerprint density at radius 2 is 2.14 bits per heavy atom. The lowest BCUT2D eigenvalue weighted by molar-refractivity contribution is -0.680. The van der Waals surface area contributed by atoms with E-state index < -0.39 is 17.6 Å². The van der Waals surface area contributed by atoms with Gasteiger partial charge in [-0.2, -0.15) is 13.2 Å². The molecule has 8 heteroatoms. The van der Waals surface area contributed by atoms with E-state index in [2.05, 4.69) is 5.32 Å². The van der Waals surface area contributed by atoms with Gasteiger partial charge in [-0.1, -0.05) is 18.5 Å². The van der Waals surface area contributed by atoms with Crippen LogP contribution in [-0.2, 0) is 11.0 Å². The van der Waals surface area contributed by atoms with Gasteiger partial charge in [0.25, 0.3) is 5.91 Å². The summed E-state index contributed by atoms with van der Waals surface area (Å²) in [5.41, 5.74) is -1.32. The average Bonchev–Trinajstić information content (AvgIpc) is 2.41. The summed E-state index contributed by atoms with van der Waals surface area (Å²) in [6, 6.07) is 3.01. The lowest BCUT2D eigenvalue weighted by Crippen LogP contribution is -2.92. The van der Waals surface area contributed by atoms with Crippen molar-refractivity contribution in [1.29, 1.82) is 0 Å². The minimum Gasteiger partial charge on any atom is -0.390 e. The zero-order chi connectivity index (χ0) is 16.0. The first-order valence-electron chi connectivity index (χ1n) is 6.38. The third-order valence-corrected chi connectivity index (χ3v) is 3.19. The summed E-state index contributed by atoms with van der Waals surface area (Å²) in [4.78, 5) is 11.7. The fourth-order valence-electron chi connectivity index (χ4n) is 1.71. The summed E-state index contributed by atoms with van der Waals surface area (Å²) >= 11 is 5.55. The molecule has 1 atom stereocenters. The molecule has 0 aliphatic heterocycles.